The second-order valence-corrected chi connectivity index (χ2v) is 8.49. The van der Waals surface area contributed by atoms with Crippen LogP contribution < -0.4 is 4.74 Å². The summed E-state index contributed by atoms with van der Waals surface area (Å²) < 4.78 is 5.89. The Labute approximate surface area is 187 Å². The highest BCUT2D eigenvalue weighted by Gasteiger charge is 2.32. The van der Waals surface area contributed by atoms with Crippen LogP contribution in [0.25, 0.3) is 16.8 Å². The molecule has 4 nitrogen and oxygen atoms in total. The van der Waals surface area contributed by atoms with Gasteiger partial charge >= 0.3 is 0 Å². The first-order valence-electron chi connectivity index (χ1n) is 10.5. The summed E-state index contributed by atoms with van der Waals surface area (Å²) in [5.41, 5.74) is 4.07. The Kier molecular flexibility index (Phi) is 6.14. The van der Waals surface area contributed by atoms with Gasteiger partial charge < -0.3 is 4.74 Å². The molecule has 0 atom stereocenters. The summed E-state index contributed by atoms with van der Waals surface area (Å²) in [6.07, 6.45) is 1.95. The molecule has 1 aliphatic rings. The smallest absolute Gasteiger partial charge is 0.266 e. The molecular formula is C26H26N2O2S. The molecule has 1 saturated heterocycles. The van der Waals surface area contributed by atoms with Gasteiger partial charge in [0, 0.05) is 12.1 Å². The van der Waals surface area contributed by atoms with E-state index in [0.717, 1.165) is 38.9 Å². The maximum atomic E-state index is 13.2. The van der Waals surface area contributed by atoms with Crippen LogP contribution in [0, 0.1) is 13.8 Å². The number of hydrogen-bond acceptors (Lipinski definition) is 4. The molecular weight excluding hydrogens is 404 g/mol. The molecule has 31 heavy (non-hydrogen) atoms. The molecule has 0 aliphatic carbocycles. The summed E-state index contributed by atoms with van der Waals surface area (Å²) in [6.45, 7) is 9.17. The van der Waals surface area contributed by atoms with E-state index in [1.54, 1.807) is 4.90 Å². The molecule has 0 spiro atoms. The standard InChI is InChI=1S/C26H26N2O2S/c1-5-28-25(29)24(31-26(28)27-22-15-17(3)11-12-18(22)4)16-21-20-10-8-7-9-19(20)13-14-23(21)30-6-2/h7-16H,5-6H2,1-4H3/b24-16+,27-26?. The highest BCUT2D eigenvalue weighted by Crippen LogP contribution is 2.38. The summed E-state index contributed by atoms with van der Waals surface area (Å²) in [5.74, 6) is 0.761. The normalized spacial score (nSPS) is 16.6. The van der Waals surface area contributed by atoms with Crippen molar-refractivity contribution in [3.05, 3.63) is 76.2 Å². The Hall–Kier alpha value is -3.05. The van der Waals surface area contributed by atoms with Crippen LogP contribution in [0.4, 0.5) is 5.69 Å². The molecule has 3 aromatic rings. The quantitative estimate of drug-likeness (QED) is 0.435. The van der Waals surface area contributed by atoms with Crippen molar-refractivity contribution in [2.45, 2.75) is 27.7 Å². The first-order chi connectivity index (χ1) is 15.0. The fraction of sp³-hybridized carbons (Fsp3) is 0.231. The number of rotatable bonds is 5. The zero-order valence-corrected chi connectivity index (χ0v) is 19.1. The van der Waals surface area contributed by atoms with Crippen molar-refractivity contribution in [2.24, 2.45) is 4.99 Å². The van der Waals surface area contributed by atoms with Crippen molar-refractivity contribution in [3.8, 4) is 5.75 Å². The second-order valence-electron chi connectivity index (χ2n) is 7.48. The topological polar surface area (TPSA) is 41.9 Å². The lowest BCUT2D eigenvalue weighted by atomic mass is 10.0. The van der Waals surface area contributed by atoms with Gasteiger partial charge in [0.2, 0.25) is 0 Å². The summed E-state index contributed by atoms with van der Waals surface area (Å²) in [7, 11) is 0. The van der Waals surface area contributed by atoms with E-state index >= 15 is 0 Å². The Bertz CT molecular complexity index is 1210. The average Bonchev–Trinajstić information content (AvgIpc) is 3.06. The van der Waals surface area contributed by atoms with Crippen LogP contribution in [0.15, 0.2) is 64.5 Å². The molecule has 0 saturated carbocycles. The minimum absolute atomic E-state index is 0.0214. The van der Waals surface area contributed by atoms with Crippen molar-refractivity contribution >= 4 is 45.4 Å². The van der Waals surface area contributed by atoms with Crippen LogP contribution >= 0.6 is 11.8 Å². The van der Waals surface area contributed by atoms with Crippen molar-refractivity contribution in [2.75, 3.05) is 13.2 Å². The van der Waals surface area contributed by atoms with Crippen LogP contribution in [0.2, 0.25) is 0 Å². The lowest BCUT2D eigenvalue weighted by Gasteiger charge is -2.13. The lowest BCUT2D eigenvalue weighted by Crippen LogP contribution is -2.28. The number of nitrogens with zero attached hydrogens (tertiary/aromatic N) is 2. The Balaban J connectivity index is 1.81. The minimum atomic E-state index is -0.0214. The third kappa shape index (κ3) is 4.23. The molecule has 3 aromatic carbocycles. The number of carbonyl (C=O) groups excluding carboxylic acids is 1. The van der Waals surface area contributed by atoms with Crippen LogP contribution in [-0.4, -0.2) is 29.1 Å². The molecule has 1 amide bonds. The number of benzene rings is 3. The van der Waals surface area contributed by atoms with E-state index in [1.165, 1.54) is 11.8 Å². The number of amides is 1. The van der Waals surface area contributed by atoms with Gasteiger partial charge in [-0.25, -0.2) is 4.99 Å². The number of hydrogen-bond donors (Lipinski definition) is 0. The Morgan fingerprint density at radius 3 is 2.65 bits per heavy atom. The Morgan fingerprint density at radius 1 is 1.06 bits per heavy atom. The number of aryl methyl sites for hydroxylation is 2. The summed E-state index contributed by atoms with van der Waals surface area (Å²) in [5, 5.41) is 2.90. The van der Waals surface area contributed by atoms with E-state index in [9.17, 15) is 4.79 Å². The van der Waals surface area contributed by atoms with Crippen molar-refractivity contribution in [3.63, 3.8) is 0 Å². The van der Waals surface area contributed by atoms with Crippen LogP contribution in [0.3, 0.4) is 0 Å². The maximum absolute atomic E-state index is 13.2. The highest BCUT2D eigenvalue weighted by atomic mass is 32.2. The van der Waals surface area contributed by atoms with Crippen molar-refractivity contribution < 1.29 is 9.53 Å². The Morgan fingerprint density at radius 2 is 1.87 bits per heavy atom. The zero-order chi connectivity index (χ0) is 22.0. The highest BCUT2D eigenvalue weighted by molar-refractivity contribution is 8.18. The number of likely N-dealkylation sites (N-methyl/N-ethyl adjacent to an activating group) is 1. The van der Waals surface area contributed by atoms with Gasteiger partial charge in [0.1, 0.15) is 5.75 Å². The molecule has 158 valence electrons. The predicted octanol–water partition coefficient (Wildman–Crippen LogP) is 6.48. The second kappa shape index (κ2) is 8.98. The van der Waals surface area contributed by atoms with E-state index in [2.05, 4.69) is 43.3 Å². The molecule has 1 heterocycles. The molecule has 1 fully saturated rings. The molecule has 0 aromatic heterocycles. The van der Waals surface area contributed by atoms with E-state index in [-0.39, 0.29) is 5.91 Å². The number of aliphatic imine (C=N–C) groups is 1. The molecule has 1 aliphatic heterocycles. The number of thioether (sulfide) groups is 1. The minimum Gasteiger partial charge on any atom is -0.493 e. The van der Waals surface area contributed by atoms with Gasteiger partial charge in [-0.05, 0) is 79.6 Å². The van der Waals surface area contributed by atoms with Gasteiger partial charge in [0.25, 0.3) is 5.91 Å². The van der Waals surface area contributed by atoms with E-state index in [0.29, 0.717) is 23.2 Å². The van der Waals surface area contributed by atoms with Gasteiger partial charge in [-0.3, -0.25) is 9.69 Å². The zero-order valence-electron chi connectivity index (χ0n) is 18.3. The van der Waals surface area contributed by atoms with Crippen molar-refractivity contribution in [1.29, 1.82) is 0 Å². The van der Waals surface area contributed by atoms with Gasteiger partial charge in [0.15, 0.2) is 5.17 Å². The third-order valence-corrected chi connectivity index (χ3v) is 6.30. The summed E-state index contributed by atoms with van der Waals surface area (Å²) in [6, 6.07) is 18.4. The average molecular weight is 431 g/mol. The lowest BCUT2D eigenvalue weighted by molar-refractivity contribution is -0.122. The van der Waals surface area contributed by atoms with Gasteiger partial charge in [0.05, 0.1) is 17.2 Å². The maximum Gasteiger partial charge on any atom is 0.266 e. The third-order valence-electron chi connectivity index (χ3n) is 5.29. The van der Waals surface area contributed by atoms with Crippen LogP contribution in [0.1, 0.15) is 30.5 Å². The fourth-order valence-electron chi connectivity index (χ4n) is 3.65. The van der Waals surface area contributed by atoms with Gasteiger partial charge in [-0.15, -0.1) is 0 Å². The fourth-order valence-corrected chi connectivity index (χ4v) is 4.69. The SMILES string of the molecule is CCOc1ccc2ccccc2c1/C=C1/SC(=Nc2cc(C)ccc2C)N(CC)C1=O. The molecule has 0 bridgehead atoms. The molecule has 5 heteroatoms. The van der Waals surface area contributed by atoms with Crippen LogP contribution in [0.5, 0.6) is 5.75 Å². The van der Waals surface area contributed by atoms with Crippen LogP contribution in [-0.2, 0) is 4.79 Å². The summed E-state index contributed by atoms with van der Waals surface area (Å²) in [4.78, 5) is 20.5. The molecule has 0 radical (unpaired) electrons. The van der Waals surface area contributed by atoms with Gasteiger partial charge in [-0.2, -0.15) is 0 Å². The van der Waals surface area contributed by atoms with Crippen molar-refractivity contribution in [1.82, 2.24) is 4.90 Å². The molecule has 4 rings (SSSR count). The summed E-state index contributed by atoms with van der Waals surface area (Å²) >= 11 is 1.42. The first kappa shape index (κ1) is 21.2. The molecule has 0 unspecified atom stereocenters. The van der Waals surface area contributed by atoms with E-state index in [4.69, 9.17) is 9.73 Å². The van der Waals surface area contributed by atoms with Gasteiger partial charge in [-0.1, -0.05) is 42.5 Å². The number of amidine groups is 1. The van der Waals surface area contributed by atoms with E-state index in [1.807, 2.05) is 45.0 Å². The predicted molar refractivity (Wildman–Crippen MR) is 131 cm³/mol. The number of carbonyl (C=O) groups is 1. The molecule has 0 N–H and O–H groups in total. The van der Waals surface area contributed by atoms with E-state index < -0.39 is 0 Å². The largest absolute Gasteiger partial charge is 0.493 e. The first-order valence-corrected chi connectivity index (χ1v) is 11.3. The number of ether oxygens (including phenoxy) is 1. The monoisotopic (exact) mass is 430 g/mol. The number of fused-ring (bicyclic) bond motifs is 1.